The monoisotopic (exact) mass is 297 g/mol. The van der Waals surface area contributed by atoms with E-state index in [1.54, 1.807) is 6.26 Å². The highest BCUT2D eigenvalue weighted by Crippen LogP contribution is 2.30. The van der Waals surface area contributed by atoms with Crippen LogP contribution in [0.15, 0.2) is 41.0 Å². The highest BCUT2D eigenvalue weighted by atomic mass is 16.3. The lowest BCUT2D eigenvalue weighted by Crippen LogP contribution is -2.30. The minimum atomic E-state index is 0.134. The lowest BCUT2D eigenvalue weighted by molar-refractivity contribution is -0.122. The predicted octanol–water partition coefficient (Wildman–Crippen LogP) is 4.10. The van der Waals surface area contributed by atoms with Crippen LogP contribution < -0.4 is 5.32 Å². The quantitative estimate of drug-likeness (QED) is 0.902. The van der Waals surface area contributed by atoms with Gasteiger partial charge >= 0.3 is 0 Å². The van der Waals surface area contributed by atoms with Crippen molar-refractivity contribution in [1.82, 2.24) is 5.32 Å². The van der Waals surface area contributed by atoms with Crippen LogP contribution >= 0.6 is 0 Å². The molecule has 22 heavy (non-hydrogen) atoms. The number of carbonyl (C=O) groups is 1. The average Bonchev–Trinajstić information content (AvgIpc) is 2.99. The van der Waals surface area contributed by atoms with Crippen molar-refractivity contribution < 1.29 is 9.21 Å². The largest absolute Gasteiger partial charge is 0.469 e. The fourth-order valence-electron chi connectivity index (χ4n) is 3.11. The van der Waals surface area contributed by atoms with Crippen LogP contribution in [0.4, 0.5) is 0 Å². The van der Waals surface area contributed by atoms with Crippen LogP contribution in [0.25, 0.3) is 0 Å². The molecule has 1 unspecified atom stereocenters. The van der Waals surface area contributed by atoms with Crippen LogP contribution in [0.1, 0.15) is 54.2 Å². The van der Waals surface area contributed by atoms with E-state index in [0.29, 0.717) is 6.42 Å². The molecule has 1 heterocycles. The van der Waals surface area contributed by atoms with Gasteiger partial charge < -0.3 is 9.73 Å². The Morgan fingerprint density at radius 3 is 2.91 bits per heavy atom. The highest BCUT2D eigenvalue weighted by molar-refractivity contribution is 5.76. The third-order valence-electron chi connectivity index (χ3n) is 4.38. The molecule has 0 fully saturated rings. The summed E-state index contributed by atoms with van der Waals surface area (Å²) in [7, 11) is 0. The van der Waals surface area contributed by atoms with Crippen molar-refractivity contribution in [3.05, 3.63) is 59.0 Å². The van der Waals surface area contributed by atoms with Gasteiger partial charge in [0.1, 0.15) is 5.76 Å². The molecule has 2 aromatic rings. The zero-order valence-electron chi connectivity index (χ0n) is 13.1. The molecule has 3 heteroatoms. The Hall–Kier alpha value is -2.03. The maximum atomic E-state index is 12.1. The van der Waals surface area contributed by atoms with E-state index in [9.17, 15) is 4.79 Å². The molecular formula is C19H23NO2. The normalized spacial score (nSPS) is 17.0. The molecule has 1 N–H and O–H groups in total. The van der Waals surface area contributed by atoms with Gasteiger partial charge in [-0.1, -0.05) is 29.8 Å². The van der Waals surface area contributed by atoms with Gasteiger partial charge in [0, 0.05) is 18.4 Å². The second-order valence-electron chi connectivity index (χ2n) is 6.15. The van der Waals surface area contributed by atoms with Gasteiger partial charge in [-0.25, -0.2) is 0 Å². The Morgan fingerprint density at radius 1 is 1.27 bits per heavy atom. The van der Waals surface area contributed by atoms with Crippen molar-refractivity contribution in [3.8, 4) is 0 Å². The van der Waals surface area contributed by atoms with Gasteiger partial charge in [0.2, 0.25) is 5.91 Å². The van der Waals surface area contributed by atoms with Crippen LogP contribution in [0, 0.1) is 6.92 Å². The van der Waals surface area contributed by atoms with Crippen molar-refractivity contribution in [2.45, 2.75) is 51.5 Å². The Labute approximate surface area is 131 Å². The molecule has 0 radical (unpaired) electrons. The standard InChI is InChI=1S/C19H23NO2/c1-14-8-10-15(11-9-14)4-2-7-19(21)20-17-5-3-6-18-16(17)12-13-22-18/h8-13,17H,2-7H2,1H3,(H,20,21). The smallest absolute Gasteiger partial charge is 0.220 e. The van der Waals surface area contributed by atoms with Crippen LogP contribution in [0.5, 0.6) is 0 Å². The third-order valence-corrected chi connectivity index (χ3v) is 4.38. The molecular weight excluding hydrogens is 274 g/mol. The minimum absolute atomic E-state index is 0.134. The number of nitrogens with one attached hydrogen (secondary N) is 1. The molecule has 0 bridgehead atoms. The topological polar surface area (TPSA) is 42.2 Å². The molecule has 3 nitrogen and oxygen atoms in total. The molecule has 0 aliphatic heterocycles. The molecule has 116 valence electrons. The number of amides is 1. The molecule has 0 saturated carbocycles. The maximum Gasteiger partial charge on any atom is 0.220 e. The van der Waals surface area contributed by atoms with Crippen LogP contribution in [-0.2, 0) is 17.6 Å². The summed E-state index contributed by atoms with van der Waals surface area (Å²) < 4.78 is 5.47. The SMILES string of the molecule is Cc1ccc(CCCC(=O)NC2CCCc3occc32)cc1. The first kappa shape index (κ1) is 14.9. The average molecular weight is 297 g/mol. The zero-order chi connectivity index (χ0) is 15.4. The molecule has 1 aromatic carbocycles. The first-order valence-electron chi connectivity index (χ1n) is 8.13. The van der Waals surface area contributed by atoms with Crippen molar-refractivity contribution in [2.75, 3.05) is 0 Å². The number of hydrogen-bond acceptors (Lipinski definition) is 2. The third kappa shape index (κ3) is 3.59. The maximum absolute atomic E-state index is 12.1. The molecule has 0 saturated heterocycles. The van der Waals surface area contributed by atoms with E-state index in [2.05, 4.69) is 36.5 Å². The van der Waals surface area contributed by atoms with E-state index >= 15 is 0 Å². The highest BCUT2D eigenvalue weighted by Gasteiger charge is 2.23. The molecule has 1 aliphatic rings. The predicted molar refractivity (Wildman–Crippen MR) is 86.6 cm³/mol. The van der Waals surface area contributed by atoms with E-state index < -0.39 is 0 Å². The fraction of sp³-hybridized carbons (Fsp3) is 0.421. The Kier molecular flexibility index (Phi) is 4.62. The van der Waals surface area contributed by atoms with Gasteiger partial charge in [-0.15, -0.1) is 0 Å². The molecule has 1 aromatic heterocycles. The number of hydrogen-bond donors (Lipinski definition) is 1. The summed E-state index contributed by atoms with van der Waals surface area (Å²) in [6.07, 6.45) is 7.23. The van der Waals surface area contributed by atoms with Gasteiger partial charge in [-0.2, -0.15) is 0 Å². The lowest BCUT2D eigenvalue weighted by atomic mass is 9.93. The van der Waals surface area contributed by atoms with Gasteiger partial charge in [0.25, 0.3) is 0 Å². The second kappa shape index (κ2) is 6.82. The first-order valence-corrected chi connectivity index (χ1v) is 8.13. The van der Waals surface area contributed by atoms with E-state index in [-0.39, 0.29) is 11.9 Å². The molecule has 0 spiro atoms. The molecule has 1 atom stereocenters. The number of furan rings is 1. The number of carbonyl (C=O) groups excluding carboxylic acids is 1. The Bertz CT molecular complexity index is 627. The van der Waals surface area contributed by atoms with Gasteiger partial charge in [-0.05, 0) is 44.2 Å². The Balaban J connectivity index is 1.46. The lowest BCUT2D eigenvalue weighted by Gasteiger charge is -2.22. The number of benzene rings is 1. The zero-order valence-corrected chi connectivity index (χ0v) is 13.1. The van der Waals surface area contributed by atoms with Crippen molar-refractivity contribution in [2.24, 2.45) is 0 Å². The van der Waals surface area contributed by atoms with Crippen molar-refractivity contribution >= 4 is 5.91 Å². The van der Waals surface area contributed by atoms with Crippen molar-refractivity contribution in [3.63, 3.8) is 0 Å². The van der Waals surface area contributed by atoms with E-state index in [0.717, 1.165) is 43.4 Å². The van der Waals surface area contributed by atoms with Gasteiger partial charge in [-0.3, -0.25) is 4.79 Å². The van der Waals surface area contributed by atoms with Crippen molar-refractivity contribution in [1.29, 1.82) is 0 Å². The molecule has 1 amide bonds. The minimum Gasteiger partial charge on any atom is -0.469 e. The fourth-order valence-corrected chi connectivity index (χ4v) is 3.11. The summed E-state index contributed by atoms with van der Waals surface area (Å²) in [5.41, 5.74) is 3.74. The first-order chi connectivity index (χ1) is 10.7. The van der Waals surface area contributed by atoms with Crippen LogP contribution in [0.3, 0.4) is 0 Å². The number of rotatable bonds is 5. The summed E-state index contributed by atoms with van der Waals surface area (Å²) in [5, 5.41) is 3.16. The number of aryl methyl sites for hydroxylation is 3. The summed E-state index contributed by atoms with van der Waals surface area (Å²) in [5.74, 6) is 1.18. The second-order valence-corrected chi connectivity index (χ2v) is 6.15. The molecule has 1 aliphatic carbocycles. The van der Waals surface area contributed by atoms with E-state index in [1.165, 1.54) is 11.1 Å². The molecule has 3 rings (SSSR count). The summed E-state index contributed by atoms with van der Waals surface area (Å²) in [4.78, 5) is 12.1. The van der Waals surface area contributed by atoms with Gasteiger partial charge in [0.15, 0.2) is 0 Å². The summed E-state index contributed by atoms with van der Waals surface area (Å²) >= 11 is 0. The van der Waals surface area contributed by atoms with Crippen LogP contribution in [0.2, 0.25) is 0 Å². The van der Waals surface area contributed by atoms with E-state index in [4.69, 9.17) is 4.42 Å². The Morgan fingerprint density at radius 2 is 2.09 bits per heavy atom. The van der Waals surface area contributed by atoms with Crippen LogP contribution in [-0.4, -0.2) is 5.91 Å². The summed E-state index contributed by atoms with van der Waals surface area (Å²) in [6, 6.07) is 10.7. The number of fused-ring (bicyclic) bond motifs is 1. The van der Waals surface area contributed by atoms with E-state index in [1.807, 2.05) is 6.07 Å². The van der Waals surface area contributed by atoms with Gasteiger partial charge in [0.05, 0.1) is 12.3 Å². The summed E-state index contributed by atoms with van der Waals surface area (Å²) in [6.45, 7) is 2.09.